The number of rotatable bonds is 8. The van der Waals surface area contributed by atoms with Crippen LogP contribution in [0.3, 0.4) is 0 Å². The van der Waals surface area contributed by atoms with Gasteiger partial charge in [-0.1, -0.05) is 55.5 Å². The van der Waals surface area contributed by atoms with Crippen LogP contribution in [0.1, 0.15) is 36.8 Å². The number of aliphatic carboxylic acids is 1. The molecule has 2 aliphatic rings. The number of ether oxygens (including phenoxy) is 2. The van der Waals surface area contributed by atoms with E-state index in [0.29, 0.717) is 26.1 Å². The number of alkyl carbamates (subject to hydrolysis) is 1. The molecule has 1 unspecified atom stereocenters. The van der Waals surface area contributed by atoms with Gasteiger partial charge in [0.2, 0.25) is 5.91 Å². The summed E-state index contributed by atoms with van der Waals surface area (Å²) in [6.07, 6.45) is 0.315. The third kappa shape index (κ3) is 5.17. The molecule has 2 aromatic carbocycles. The van der Waals surface area contributed by atoms with E-state index in [1.807, 2.05) is 24.3 Å². The van der Waals surface area contributed by atoms with Crippen LogP contribution in [0, 0.1) is 11.3 Å². The van der Waals surface area contributed by atoms with Gasteiger partial charge in [-0.2, -0.15) is 0 Å². The van der Waals surface area contributed by atoms with Gasteiger partial charge in [0.15, 0.2) is 0 Å². The number of fused-ring (bicyclic) bond motifs is 3. The van der Waals surface area contributed by atoms with Gasteiger partial charge in [0.05, 0.1) is 11.3 Å². The molecule has 2 amide bonds. The van der Waals surface area contributed by atoms with Crippen LogP contribution in [0.25, 0.3) is 11.1 Å². The normalized spacial score (nSPS) is 17.1. The summed E-state index contributed by atoms with van der Waals surface area (Å²) in [6, 6.07) is 16.3. The number of carboxylic acids is 1. The van der Waals surface area contributed by atoms with Crippen molar-refractivity contribution in [1.29, 1.82) is 0 Å². The number of carbonyl (C=O) groups excluding carboxylic acids is 2. The highest BCUT2D eigenvalue weighted by atomic mass is 16.5. The minimum Gasteiger partial charge on any atom is -0.481 e. The molecule has 1 aliphatic heterocycles. The van der Waals surface area contributed by atoms with Crippen molar-refractivity contribution in [3.63, 3.8) is 0 Å². The molecule has 1 aliphatic carbocycles. The van der Waals surface area contributed by atoms with Crippen molar-refractivity contribution in [3.8, 4) is 11.1 Å². The summed E-state index contributed by atoms with van der Waals surface area (Å²) in [6.45, 7) is 2.78. The summed E-state index contributed by atoms with van der Waals surface area (Å²) >= 11 is 0. The van der Waals surface area contributed by atoms with Crippen molar-refractivity contribution in [2.24, 2.45) is 11.3 Å². The summed E-state index contributed by atoms with van der Waals surface area (Å²) < 4.78 is 11.1. The van der Waals surface area contributed by atoms with Gasteiger partial charge in [-0.25, -0.2) is 4.79 Å². The number of amides is 2. The predicted molar refractivity (Wildman–Crippen MR) is 130 cm³/mol. The zero-order chi connectivity index (χ0) is 25.0. The van der Waals surface area contributed by atoms with Crippen molar-refractivity contribution >= 4 is 18.0 Å². The Morgan fingerprint density at radius 3 is 2.23 bits per heavy atom. The van der Waals surface area contributed by atoms with Crippen LogP contribution in [0.2, 0.25) is 0 Å². The zero-order valence-corrected chi connectivity index (χ0v) is 20.2. The third-order valence-electron chi connectivity index (χ3n) is 7.13. The summed E-state index contributed by atoms with van der Waals surface area (Å²) in [7, 11) is 1.60. The van der Waals surface area contributed by atoms with Crippen LogP contribution in [-0.2, 0) is 19.1 Å². The maximum absolute atomic E-state index is 13.3. The molecular weight excluding hydrogens is 448 g/mol. The lowest BCUT2D eigenvalue weighted by Crippen LogP contribution is -2.52. The number of benzene rings is 2. The van der Waals surface area contributed by atoms with Crippen molar-refractivity contribution < 1.29 is 29.0 Å². The first-order valence-corrected chi connectivity index (χ1v) is 12.0. The Balaban J connectivity index is 1.39. The van der Waals surface area contributed by atoms with Gasteiger partial charge in [0.1, 0.15) is 6.61 Å². The molecular formula is C27H32N2O6. The summed E-state index contributed by atoms with van der Waals surface area (Å²) in [4.78, 5) is 38.7. The molecule has 2 aromatic rings. The minimum atomic E-state index is -0.956. The van der Waals surface area contributed by atoms with E-state index in [0.717, 1.165) is 22.3 Å². The maximum atomic E-state index is 13.3. The zero-order valence-electron chi connectivity index (χ0n) is 20.2. The lowest BCUT2D eigenvalue weighted by atomic mass is 9.78. The number of hydrogen-bond acceptors (Lipinski definition) is 5. The highest BCUT2D eigenvalue weighted by Crippen LogP contribution is 2.44. The largest absolute Gasteiger partial charge is 0.481 e. The molecule has 0 radical (unpaired) electrons. The van der Waals surface area contributed by atoms with E-state index >= 15 is 0 Å². The van der Waals surface area contributed by atoms with Crippen LogP contribution >= 0.6 is 0 Å². The number of nitrogens with one attached hydrogen (secondary N) is 1. The predicted octanol–water partition coefficient (Wildman–Crippen LogP) is 3.50. The summed E-state index contributed by atoms with van der Waals surface area (Å²) in [5.74, 6) is -1.87. The van der Waals surface area contributed by atoms with Crippen molar-refractivity contribution in [1.82, 2.24) is 10.2 Å². The van der Waals surface area contributed by atoms with Crippen LogP contribution in [-0.4, -0.2) is 67.9 Å². The van der Waals surface area contributed by atoms with Gasteiger partial charge in [-0.3, -0.25) is 9.59 Å². The highest BCUT2D eigenvalue weighted by Gasteiger charge is 2.42. The van der Waals surface area contributed by atoms with Gasteiger partial charge < -0.3 is 24.8 Å². The first kappa shape index (κ1) is 24.7. The number of carbonyl (C=O) groups is 3. The van der Waals surface area contributed by atoms with Gasteiger partial charge in [-0.15, -0.1) is 0 Å². The number of carboxylic acid groups (broad SMARTS) is 1. The fourth-order valence-corrected chi connectivity index (χ4v) is 5.10. The molecule has 8 nitrogen and oxygen atoms in total. The van der Waals surface area contributed by atoms with Gasteiger partial charge in [0, 0.05) is 39.3 Å². The van der Waals surface area contributed by atoms with Crippen LogP contribution in [0.15, 0.2) is 48.5 Å². The van der Waals surface area contributed by atoms with Gasteiger partial charge in [0.25, 0.3) is 0 Å². The van der Waals surface area contributed by atoms with E-state index in [1.165, 1.54) is 4.90 Å². The Labute approximate surface area is 205 Å². The fourth-order valence-electron chi connectivity index (χ4n) is 5.10. The summed E-state index contributed by atoms with van der Waals surface area (Å²) in [5.41, 5.74) is 3.72. The van der Waals surface area contributed by atoms with E-state index < -0.39 is 23.4 Å². The minimum absolute atomic E-state index is 0.0459. The Morgan fingerprint density at radius 2 is 1.66 bits per heavy atom. The molecule has 1 saturated heterocycles. The van der Waals surface area contributed by atoms with Gasteiger partial charge >= 0.3 is 12.1 Å². The number of nitrogens with zero attached hydrogens (tertiary/aromatic N) is 1. The van der Waals surface area contributed by atoms with Crippen molar-refractivity contribution in [2.45, 2.75) is 25.7 Å². The topological polar surface area (TPSA) is 105 Å². The molecule has 35 heavy (non-hydrogen) atoms. The van der Waals surface area contributed by atoms with Crippen LogP contribution in [0.5, 0.6) is 0 Å². The summed E-state index contributed by atoms with van der Waals surface area (Å²) in [5, 5.41) is 12.0. The first-order valence-electron chi connectivity index (χ1n) is 12.0. The first-order chi connectivity index (χ1) is 16.8. The molecule has 1 fully saturated rings. The Hall–Kier alpha value is -3.39. The van der Waals surface area contributed by atoms with Crippen LogP contribution in [0.4, 0.5) is 4.79 Å². The smallest absolute Gasteiger partial charge is 0.407 e. The second-order valence-electron chi connectivity index (χ2n) is 9.50. The molecule has 0 bridgehead atoms. The van der Waals surface area contributed by atoms with Crippen LogP contribution < -0.4 is 5.32 Å². The standard InChI is InChI=1S/C27H32N2O6/c1-18(24(30)31)15-29(2)25(32)27(11-13-34-14-12-27)17-28-26(33)35-16-23-21-9-5-3-7-19(21)20-8-4-6-10-22(20)23/h3-10,18,23H,11-17H2,1-2H3,(H,28,33)(H,30,31). The molecule has 1 heterocycles. The Bertz CT molecular complexity index is 1050. The molecule has 4 rings (SSSR count). The average Bonchev–Trinajstić information content (AvgIpc) is 3.20. The molecule has 186 valence electrons. The quantitative estimate of drug-likeness (QED) is 0.599. The van der Waals surface area contributed by atoms with E-state index in [9.17, 15) is 19.5 Å². The maximum Gasteiger partial charge on any atom is 0.407 e. The Morgan fingerprint density at radius 1 is 1.09 bits per heavy atom. The molecule has 8 heteroatoms. The third-order valence-corrected chi connectivity index (χ3v) is 7.13. The molecule has 1 atom stereocenters. The van der Waals surface area contributed by atoms with Crippen molar-refractivity contribution in [3.05, 3.63) is 59.7 Å². The molecule has 2 N–H and O–H groups in total. The second kappa shape index (κ2) is 10.5. The Kier molecular flexibility index (Phi) is 7.40. The second-order valence-corrected chi connectivity index (χ2v) is 9.50. The monoisotopic (exact) mass is 480 g/mol. The van der Waals surface area contributed by atoms with E-state index in [4.69, 9.17) is 9.47 Å². The molecule has 0 aromatic heterocycles. The van der Waals surface area contributed by atoms with E-state index in [-0.39, 0.29) is 31.5 Å². The van der Waals surface area contributed by atoms with Crippen molar-refractivity contribution in [2.75, 3.05) is 40.0 Å². The number of hydrogen-bond donors (Lipinski definition) is 2. The van der Waals surface area contributed by atoms with E-state index in [1.54, 1.807) is 14.0 Å². The molecule has 0 saturated carbocycles. The fraction of sp³-hybridized carbons (Fsp3) is 0.444. The lowest BCUT2D eigenvalue weighted by Gasteiger charge is -2.39. The van der Waals surface area contributed by atoms with Gasteiger partial charge in [-0.05, 0) is 35.1 Å². The lowest BCUT2D eigenvalue weighted by molar-refractivity contribution is -0.149. The molecule has 0 spiro atoms. The SMILES string of the molecule is CC(CN(C)C(=O)C1(CNC(=O)OCC2c3ccccc3-c3ccccc32)CCOCC1)C(=O)O. The highest BCUT2D eigenvalue weighted by molar-refractivity contribution is 5.84. The average molecular weight is 481 g/mol. The van der Waals surface area contributed by atoms with E-state index in [2.05, 4.69) is 29.6 Å².